The molecule has 0 saturated carbocycles. The van der Waals surface area contributed by atoms with Gasteiger partial charge in [0.05, 0.1) is 23.9 Å². The van der Waals surface area contributed by atoms with E-state index in [9.17, 15) is 14.4 Å². The van der Waals surface area contributed by atoms with E-state index in [0.717, 1.165) is 24.0 Å². The van der Waals surface area contributed by atoms with Crippen molar-refractivity contribution < 1.29 is 14.4 Å². The number of carbonyl (C=O) groups is 3. The van der Waals surface area contributed by atoms with Gasteiger partial charge in [0.2, 0.25) is 5.91 Å². The molecule has 3 rings (SSSR count). The predicted octanol–water partition coefficient (Wildman–Crippen LogP) is 2.44. The summed E-state index contributed by atoms with van der Waals surface area (Å²) in [5, 5.41) is 2.93. The highest BCUT2D eigenvalue weighted by Gasteiger charge is 2.43. The van der Waals surface area contributed by atoms with E-state index in [1.807, 2.05) is 49.9 Å². The zero-order valence-electron chi connectivity index (χ0n) is 17.7. The van der Waals surface area contributed by atoms with Crippen LogP contribution in [0.3, 0.4) is 0 Å². The van der Waals surface area contributed by atoms with Gasteiger partial charge in [-0.15, -0.1) is 0 Å². The third-order valence-electron chi connectivity index (χ3n) is 5.51. The van der Waals surface area contributed by atoms with Crippen LogP contribution in [0.5, 0.6) is 0 Å². The minimum Gasteiger partial charge on any atom is -0.341 e. The molecule has 2 aliphatic heterocycles. The van der Waals surface area contributed by atoms with Crippen molar-refractivity contribution in [2.45, 2.75) is 39.7 Å². The van der Waals surface area contributed by atoms with Crippen molar-refractivity contribution in [3.8, 4) is 0 Å². The van der Waals surface area contributed by atoms with E-state index in [2.05, 4.69) is 5.32 Å². The van der Waals surface area contributed by atoms with E-state index in [4.69, 9.17) is 0 Å². The monoisotopic (exact) mass is 398 g/mol. The number of nitrogens with zero attached hydrogens (tertiary/aromatic N) is 3. The van der Waals surface area contributed by atoms with Gasteiger partial charge in [-0.2, -0.15) is 0 Å². The molecule has 7 heteroatoms. The molecule has 0 unspecified atom stereocenters. The van der Waals surface area contributed by atoms with Gasteiger partial charge in [-0.3, -0.25) is 14.5 Å². The lowest BCUT2D eigenvalue weighted by Gasteiger charge is -2.31. The third-order valence-corrected chi connectivity index (χ3v) is 5.51. The number of hydrogen-bond donors (Lipinski definition) is 1. The fourth-order valence-electron chi connectivity index (χ4n) is 3.92. The van der Waals surface area contributed by atoms with E-state index in [-0.39, 0.29) is 30.9 Å². The summed E-state index contributed by atoms with van der Waals surface area (Å²) >= 11 is 0. The Morgan fingerprint density at radius 3 is 2.34 bits per heavy atom. The topological polar surface area (TPSA) is 73.0 Å². The van der Waals surface area contributed by atoms with Gasteiger partial charge in [0.25, 0.3) is 5.91 Å². The molecule has 1 aromatic rings. The van der Waals surface area contributed by atoms with Gasteiger partial charge in [0, 0.05) is 20.1 Å². The van der Waals surface area contributed by atoms with Crippen LogP contribution in [-0.2, 0) is 9.59 Å². The molecule has 0 fully saturated rings. The molecule has 0 radical (unpaired) electrons. The quantitative estimate of drug-likeness (QED) is 0.767. The first-order chi connectivity index (χ1) is 13.9. The summed E-state index contributed by atoms with van der Waals surface area (Å²) in [5.74, 6) is -0.227. The minimum absolute atomic E-state index is 0.0362. The molecule has 0 spiro atoms. The summed E-state index contributed by atoms with van der Waals surface area (Å²) in [6, 6.07) is 7.06. The number of amides is 4. The zero-order chi connectivity index (χ0) is 21.1. The Bertz CT molecular complexity index is 825. The SMILES string of the molecule is CCCN(CCC)C(=O)CN1CC2=C(C1=O)[C@@H](c1ccc(C)cc1)NC(=O)N2C. The molecule has 1 atom stereocenters. The molecule has 2 heterocycles. The molecule has 4 amide bonds. The Morgan fingerprint density at radius 2 is 1.76 bits per heavy atom. The summed E-state index contributed by atoms with van der Waals surface area (Å²) in [7, 11) is 1.66. The summed E-state index contributed by atoms with van der Waals surface area (Å²) in [6.07, 6.45) is 1.76. The predicted molar refractivity (Wildman–Crippen MR) is 111 cm³/mol. The number of rotatable bonds is 7. The summed E-state index contributed by atoms with van der Waals surface area (Å²) in [4.78, 5) is 43.4. The summed E-state index contributed by atoms with van der Waals surface area (Å²) < 4.78 is 0. The molecule has 2 aliphatic rings. The first kappa shape index (κ1) is 20.9. The maximum atomic E-state index is 13.2. The molecule has 1 N–H and O–H groups in total. The third kappa shape index (κ3) is 4.13. The Hall–Kier alpha value is -2.83. The van der Waals surface area contributed by atoms with Crippen molar-refractivity contribution in [3.05, 3.63) is 46.7 Å². The molecule has 0 bridgehead atoms. The lowest BCUT2D eigenvalue weighted by atomic mass is 9.95. The van der Waals surface area contributed by atoms with Gasteiger partial charge in [-0.25, -0.2) is 4.79 Å². The molecule has 0 aliphatic carbocycles. The highest BCUT2D eigenvalue weighted by atomic mass is 16.2. The number of hydrogen-bond acceptors (Lipinski definition) is 3. The van der Waals surface area contributed by atoms with Crippen LogP contribution in [0.15, 0.2) is 35.5 Å². The summed E-state index contributed by atoms with van der Waals surface area (Å²) in [5.41, 5.74) is 3.21. The van der Waals surface area contributed by atoms with E-state index in [1.165, 1.54) is 4.90 Å². The average Bonchev–Trinajstić information content (AvgIpc) is 3.02. The largest absolute Gasteiger partial charge is 0.341 e. The van der Waals surface area contributed by atoms with Crippen LogP contribution in [0, 0.1) is 6.92 Å². The molecule has 1 aromatic carbocycles. The van der Waals surface area contributed by atoms with Crippen molar-refractivity contribution in [2.75, 3.05) is 33.2 Å². The number of benzene rings is 1. The lowest BCUT2D eigenvalue weighted by Crippen LogP contribution is -2.45. The van der Waals surface area contributed by atoms with E-state index in [0.29, 0.717) is 24.4 Å². The maximum absolute atomic E-state index is 13.2. The van der Waals surface area contributed by atoms with Gasteiger partial charge in [0.15, 0.2) is 0 Å². The van der Waals surface area contributed by atoms with Crippen molar-refractivity contribution in [2.24, 2.45) is 0 Å². The highest BCUT2D eigenvalue weighted by Crippen LogP contribution is 2.35. The molecular weight excluding hydrogens is 368 g/mol. The Balaban J connectivity index is 1.84. The second kappa shape index (κ2) is 8.68. The van der Waals surface area contributed by atoms with Crippen molar-refractivity contribution in [3.63, 3.8) is 0 Å². The Morgan fingerprint density at radius 1 is 1.14 bits per heavy atom. The number of likely N-dealkylation sites (N-methyl/N-ethyl adjacent to an activating group) is 1. The molecule has 156 valence electrons. The van der Waals surface area contributed by atoms with E-state index >= 15 is 0 Å². The maximum Gasteiger partial charge on any atom is 0.322 e. The second-order valence-electron chi connectivity index (χ2n) is 7.75. The van der Waals surface area contributed by atoms with Crippen LogP contribution in [-0.4, -0.2) is 65.8 Å². The van der Waals surface area contributed by atoms with Gasteiger partial charge in [-0.1, -0.05) is 43.7 Å². The van der Waals surface area contributed by atoms with Crippen molar-refractivity contribution >= 4 is 17.8 Å². The number of urea groups is 1. The Labute approximate surface area is 172 Å². The highest BCUT2D eigenvalue weighted by molar-refractivity contribution is 6.02. The Kier molecular flexibility index (Phi) is 6.25. The molecule has 29 heavy (non-hydrogen) atoms. The molecular formula is C22H30N4O3. The molecule has 7 nitrogen and oxygen atoms in total. The van der Waals surface area contributed by atoms with E-state index in [1.54, 1.807) is 11.9 Å². The zero-order valence-corrected chi connectivity index (χ0v) is 17.7. The van der Waals surface area contributed by atoms with Crippen LogP contribution in [0.25, 0.3) is 0 Å². The number of aryl methyl sites for hydroxylation is 1. The van der Waals surface area contributed by atoms with E-state index < -0.39 is 6.04 Å². The lowest BCUT2D eigenvalue weighted by molar-refractivity contribution is -0.137. The van der Waals surface area contributed by atoms with Crippen LogP contribution in [0.2, 0.25) is 0 Å². The average molecular weight is 399 g/mol. The smallest absolute Gasteiger partial charge is 0.322 e. The fourth-order valence-corrected chi connectivity index (χ4v) is 3.92. The minimum atomic E-state index is -0.496. The van der Waals surface area contributed by atoms with Crippen molar-refractivity contribution in [1.29, 1.82) is 0 Å². The molecule has 0 saturated heterocycles. The van der Waals surface area contributed by atoms with Gasteiger partial charge >= 0.3 is 6.03 Å². The van der Waals surface area contributed by atoms with Crippen molar-refractivity contribution in [1.82, 2.24) is 20.0 Å². The normalized spacial score (nSPS) is 18.8. The standard InChI is InChI=1S/C22H30N4O3/c1-5-11-25(12-6-2)18(27)14-26-13-17-19(21(26)28)20(23-22(29)24(17)4)16-9-7-15(3)8-10-16/h7-10,20H,5-6,11-14H2,1-4H3,(H,23,29)/t20-/m1/s1. The molecule has 0 aromatic heterocycles. The van der Waals surface area contributed by atoms with Gasteiger partial charge in [-0.05, 0) is 25.3 Å². The summed E-state index contributed by atoms with van der Waals surface area (Å²) in [6.45, 7) is 7.76. The first-order valence-electron chi connectivity index (χ1n) is 10.3. The second-order valence-corrected chi connectivity index (χ2v) is 7.75. The van der Waals surface area contributed by atoms with Crippen LogP contribution in [0.4, 0.5) is 4.79 Å². The number of carbonyl (C=O) groups excluding carboxylic acids is 3. The van der Waals surface area contributed by atoms with Crippen LogP contribution >= 0.6 is 0 Å². The van der Waals surface area contributed by atoms with Crippen LogP contribution in [0.1, 0.15) is 43.9 Å². The van der Waals surface area contributed by atoms with Crippen LogP contribution < -0.4 is 5.32 Å². The fraction of sp³-hybridized carbons (Fsp3) is 0.500. The first-order valence-corrected chi connectivity index (χ1v) is 10.3. The number of nitrogens with one attached hydrogen (secondary N) is 1. The van der Waals surface area contributed by atoms with Gasteiger partial charge < -0.3 is 15.1 Å². The van der Waals surface area contributed by atoms with Gasteiger partial charge in [0.1, 0.15) is 6.54 Å².